The fourth-order valence-corrected chi connectivity index (χ4v) is 6.11. The molecule has 3 rings (SSSR count). The molecule has 0 unspecified atom stereocenters. The van der Waals surface area contributed by atoms with Crippen LogP contribution in [0.1, 0.15) is 16.7 Å². The summed E-state index contributed by atoms with van der Waals surface area (Å²) in [7, 11) is -7.48. The average molecular weight is 437 g/mol. The van der Waals surface area contributed by atoms with Gasteiger partial charge in [0.1, 0.15) is 4.21 Å². The molecule has 1 heterocycles. The van der Waals surface area contributed by atoms with Crippen LogP contribution in [-0.2, 0) is 20.0 Å². The van der Waals surface area contributed by atoms with Crippen molar-refractivity contribution in [3.05, 3.63) is 70.6 Å². The van der Waals surface area contributed by atoms with Crippen molar-refractivity contribution in [3.8, 4) is 0 Å². The molecule has 28 heavy (non-hydrogen) atoms. The predicted molar refractivity (Wildman–Crippen MR) is 113 cm³/mol. The van der Waals surface area contributed by atoms with Gasteiger partial charge in [-0.1, -0.05) is 23.8 Å². The highest BCUT2D eigenvalue weighted by Gasteiger charge is 2.19. The maximum Gasteiger partial charge on any atom is 0.271 e. The largest absolute Gasteiger partial charge is 0.279 e. The van der Waals surface area contributed by atoms with Gasteiger partial charge in [-0.2, -0.15) is 0 Å². The van der Waals surface area contributed by atoms with Gasteiger partial charge in [-0.3, -0.25) is 9.44 Å². The molecule has 0 atom stereocenters. The topological polar surface area (TPSA) is 92.3 Å². The lowest BCUT2D eigenvalue weighted by Gasteiger charge is -2.14. The predicted octanol–water partition coefficient (Wildman–Crippen LogP) is 4.27. The van der Waals surface area contributed by atoms with Crippen LogP contribution in [0.25, 0.3) is 0 Å². The average Bonchev–Trinajstić information content (AvgIpc) is 3.14. The standard InChI is InChI=1S/C19H20N2O4S3/c1-13-11-14(2)19(15(3)12-13)21-27(22,23)17-8-6-16(7-9-17)20-28(24,25)18-5-4-10-26-18/h4-12,20-21H,1-3H3. The summed E-state index contributed by atoms with van der Waals surface area (Å²) in [6.45, 7) is 5.65. The second kappa shape index (κ2) is 7.57. The third-order valence-electron chi connectivity index (χ3n) is 4.09. The maximum atomic E-state index is 12.7. The van der Waals surface area contributed by atoms with Crippen LogP contribution in [-0.4, -0.2) is 16.8 Å². The third-order valence-corrected chi connectivity index (χ3v) is 8.23. The van der Waals surface area contributed by atoms with Gasteiger partial charge in [-0.05, 0) is 67.6 Å². The number of nitrogens with one attached hydrogen (secondary N) is 2. The van der Waals surface area contributed by atoms with Crippen LogP contribution < -0.4 is 9.44 Å². The number of thiophene rings is 1. The number of aryl methyl sites for hydroxylation is 3. The molecule has 0 aliphatic rings. The second-order valence-corrected chi connectivity index (χ2v) is 11.0. The van der Waals surface area contributed by atoms with Crippen LogP contribution in [0, 0.1) is 20.8 Å². The van der Waals surface area contributed by atoms with E-state index in [0.29, 0.717) is 5.69 Å². The lowest BCUT2D eigenvalue weighted by atomic mass is 10.1. The SMILES string of the molecule is Cc1cc(C)c(NS(=O)(=O)c2ccc(NS(=O)(=O)c3cccs3)cc2)c(C)c1. The zero-order chi connectivity index (χ0) is 20.5. The zero-order valence-corrected chi connectivity index (χ0v) is 18.0. The van der Waals surface area contributed by atoms with Gasteiger partial charge in [0.25, 0.3) is 20.0 Å². The molecule has 9 heteroatoms. The molecular weight excluding hydrogens is 416 g/mol. The zero-order valence-electron chi connectivity index (χ0n) is 15.6. The monoisotopic (exact) mass is 436 g/mol. The Morgan fingerprint density at radius 3 is 1.93 bits per heavy atom. The molecule has 2 N–H and O–H groups in total. The molecule has 3 aromatic rings. The highest BCUT2D eigenvalue weighted by molar-refractivity contribution is 7.94. The minimum Gasteiger partial charge on any atom is -0.279 e. The van der Waals surface area contributed by atoms with Crippen molar-refractivity contribution in [2.75, 3.05) is 9.44 Å². The minimum atomic E-state index is -3.80. The Balaban J connectivity index is 1.83. The molecule has 0 bridgehead atoms. The van der Waals surface area contributed by atoms with Gasteiger partial charge in [0.15, 0.2) is 0 Å². The van der Waals surface area contributed by atoms with Gasteiger partial charge in [-0.15, -0.1) is 11.3 Å². The Labute approximate surface area is 169 Å². The first kappa shape index (κ1) is 20.4. The minimum absolute atomic E-state index is 0.0472. The Kier molecular flexibility index (Phi) is 5.51. The highest BCUT2D eigenvalue weighted by atomic mass is 32.2. The first-order chi connectivity index (χ1) is 13.1. The highest BCUT2D eigenvalue weighted by Crippen LogP contribution is 2.26. The van der Waals surface area contributed by atoms with E-state index in [-0.39, 0.29) is 14.8 Å². The first-order valence-corrected chi connectivity index (χ1v) is 12.2. The van der Waals surface area contributed by atoms with E-state index in [9.17, 15) is 16.8 Å². The van der Waals surface area contributed by atoms with Crippen LogP contribution in [0.5, 0.6) is 0 Å². The number of hydrogen-bond donors (Lipinski definition) is 2. The smallest absolute Gasteiger partial charge is 0.271 e. The summed E-state index contributed by atoms with van der Waals surface area (Å²) in [5, 5.41) is 1.67. The molecular formula is C19H20N2O4S3. The van der Waals surface area contributed by atoms with E-state index < -0.39 is 20.0 Å². The Hall–Kier alpha value is -2.36. The van der Waals surface area contributed by atoms with Gasteiger partial charge in [0, 0.05) is 5.69 Å². The molecule has 0 saturated carbocycles. The van der Waals surface area contributed by atoms with Crippen molar-refractivity contribution >= 4 is 42.8 Å². The van der Waals surface area contributed by atoms with Crippen molar-refractivity contribution in [2.24, 2.45) is 0 Å². The maximum absolute atomic E-state index is 12.7. The van der Waals surface area contributed by atoms with Gasteiger partial charge >= 0.3 is 0 Å². The van der Waals surface area contributed by atoms with Gasteiger partial charge in [0.2, 0.25) is 0 Å². The molecule has 0 amide bonds. The molecule has 148 valence electrons. The summed E-state index contributed by atoms with van der Waals surface area (Å²) in [6.07, 6.45) is 0. The van der Waals surface area contributed by atoms with Crippen LogP contribution in [0.4, 0.5) is 11.4 Å². The van der Waals surface area contributed by atoms with E-state index in [1.54, 1.807) is 11.4 Å². The van der Waals surface area contributed by atoms with E-state index >= 15 is 0 Å². The summed E-state index contributed by atoms with van der Waals surface area (Å²) in [4.78, 5) is 0.0472. The van der Waals surface area contributed by atoms with Crippen molar-refractivity contribution in [1.82, 2.24) is 0 Å². The molecule has 0 radical (unpaired) electrons. The quantitative estimate of drug-likeness (QED) is 0.603. The van der Waals surface area contributed by atoms with Gasteiger partial charge in [-0.25, -0.2) is 16.8 Å². The fourth-order valence-electron chi connectivity index (χ4n) is 2.86. The first-order valence-electron chi connectivity index (χ1n) is 8.35. The van der Waals surface area contributed by atoms with Crippen LogP contribution in [0.15, 0.2) is 63.0 Å². The summed E-state index contributed by atoms with van der Waals surface area (Å²) in [5.41, 5.74) is 3.56. The number of hydrogen-bond acceptors (Lipinski definition) is 5. The van der Waals surface area contributed by atoms with Crippen LogP contribution in [0.2, 0.25) is 0 Å². The number of benzene rings is 2. The number of anilines is 2. The van der Waals surface area contributed by atoms with Crippen molar-refractivity contribution in [2.45, 2.75) is 29.9 Å². The second-order valence-electron chi connectivity index (χ2n) is 6.44. The molecule has 0 saturated heterocycles. The number of sulfonamides is 2. The Morgan fingerprint density at radius 1 is 0.786 bits per heavy atom. The summed E-state index contributed by atoms with van der Waals surface area (Å²) >= 11 is 1.11. The van der Waals surface area contributed by atoms with E-state index in [4.69, 9.17) is 0 Å². The van der Waals surface area contributed by atoms with Gasteiger partial charge in [0.05, 0.1) is 10.6 Å². The van der Waals surface area contributed by atoms with E-state index in [2.05, 4.69) is 9.44 Å². The van der Waals surface area contributed by atoms with Crippen molar-refractivity contribution in [1.29, 1.82) is 0 Å². The molecule has 1 aromatic heterocycles. The fraction of sp³-hybridized carbons (Fsp3) is 0.158. The van der Waals surface area contributed by atoms with Crippen LogP contribution in [0.3, 0.4) is 0 Å². The van der Waals surface area contributed by atoms with E-state index in [1.165, 1.54) is 30.3 Å². The molecule has 0 fully saturated rings. The summed E-state index contributed by atoms with van der Waals surface area (Å²) < 4.78 is 55.2. The Morgan fingerprint density at radius 2 is 1.39 bits per heavy atom. The lowest BCUT2D eigenvalue weighted by molar-refractivity contribution is 0.600. The lowest BCUT2D eigenvalue weighted by Crippen LogP contribution is -2.15. The van der Waals surface area contributed by atoms with Crippen molar-refractivity contribution < 1.29 is 16.8 Å². The molecule has 0 aliphatic carbocycles. The van der Waals surface area contributed by atoms with Crippen LogP contribution >= 0.6 is 11.3 Å². The normalized spacial score (nSPS) is 12.0. The summed E-state index contributed by atoms with van der Waals surface area (Å²) in [5.74, 6) is 0. The van der Waals surface area contributed by atoms with E-state index in [1.807, 2.05) is 32.9 Å². The third kappa shape index (κ3) is 4.37. The Bertz CT molecular complexity index is 1180. The molecule has 2 aromatic carbocycles. The van der Waals surface area contributed by atoms with Gasteiger partial charge < -0.3 is 0 Å². The van der Waals surface area contributed by atoms with Crippen molar-refractivity contribution in [3.63, 3.8) is 0 Å². The molecule has 0 aliphatic heterocycles. The summed E-state index contributed by atoms with van der Waals surface area (Å²) in [6, 6.07) is 12.6. The van der Waals surface area contributed by atoms with E-state index in [0.717, 1.165) is 28.0 Å². The number of rotatable bonds is 6. The molecule has 6 nitrogen and oxygen atoms in total. The molecule has 0 spiro atoms.